The van der Waals surface area contributed by atoms with E-state index in [4.69, 9.17) is 0 Å². The molecule has 2 rings (SSSR count). The molecule has 1 aromatic rings. The number of rotatable bonds is 6. The van der Waals surface area contributed by atoms with Gasteiger partial charge in [-0.1, -0.05) is 54.6 Å². The fourth-order valence-electron chi connectivity index (χ4n) is 3.00. The molecule has 0 bridgehead atoms. The van der Waals surface area contributed by atoms with E-state index in [2.05, 4.69) is 28.2 Å². The van der Waals surface area contributed by atoms with Crippen molar-refractivity contribution < 1.29 is 4.39 Å². The van der Waals surface area contributed by atoms with Gasteiger partial charge in [-0.3, -0.25) is 0 Å². The fraction of sp³-hybridized carbons (Fsp3) is 0.625. The maximum Gasteiger partial charge on any atom is 0.129 e. The van der Waals surface area contributed by atoms with Gasteiger partial charge in [0.1, 0.15) is 5.82 Å². The van der Waals surface area contributed by atoms with Crippen LogP contribution in [0.25, 0.3) is 0 Å². The lowest BCUT2D eigenvalue weighted by molar-refractivity contribution is 0.385. The van der Waals surface area contributed by atoms with Gasteiger partial charge in [-0.05, 0) is 37.4 Å². The topological polar surface area (TPSA) is 12.0 Å². The Balaban J connectivity index is 2.10. The van der Waals surface area contributed by atoms with Gasteiger partial charge in [0.05, 0.1) is 0 Å². The molecule has 3 heteroatoms. The zero-order chi connectivity index (χ0) is 13.7. The summed E-state index contributed by atoms with van der Waals surface area (Å²) in [5.41, 5.74) is 0.823. The van der Waals surface area contributed by atoms with Crippen LogP contribution in [-0.2, 0) is 0 Å². The molecule has 1 atom stereocenters. The van der Waals surface area contributed by atoms with Crippen LogP contribution in [0.15, 0.2) is 22.7 Å². The lowest BCUT2D eigenvalue weighted by atomic mass is 9.93. The van der Waals surface area contributed by atoms with Crippen molar-refractivity contribution in [2.75, 3.05) is 6.54 Å². The predicted molar refractivity (Wildman–Crippen MR) is 81.7 cm³/mol. The zero-order valence-electron chi connectivity index (χ0n) is 11.6. The van der Waals surface area contributed by atoms with Gasteiger partial charge in [0.15, 0.2) is 0 Å². The third-order valence-electron chi connectivity index (χ3n) is 4.02. The molecule has 1 aliphatic carbocycles. The van der Waals surface area contributed by atoms with Crippen LogP contribution in [0.1, 0.15) is 57.1 Å². The summed E-state index contributed by atoms with van der Waals surface area (Å²) in [5.74, 6) is 0.665. The number of halogens is 2. The highest BCUT2D eigenvalue weighted by atomic mass is 79.9. The average Bonchev–Trinajstić information content (AvgIpc) is 2.88. The molecule has 1 aromatic carbocycles. The third-order valence-corrected chi connectivity index (χ3v) is 4.52. The van der Waals surface area contributed by atoms with Gasteiger partial charge in [-0.15, -0.1) is 0 Å². The van der Waals surface area contributed by atoms with E-state index in [1.165, 1.54) is 25.7 Å². The molecule has 1 nitrogen and oxygen atoms in total. The standard InChI is InChI=1S/C16H23BrFN/c1-2-9-19-16(10-12-5-3-4-6-12)14-8-7-13(17)11-15(14)18/h7-8,11-12,16,19H,2-6,9-10H2,1H3. The lowest BCUT2D eigenvalue weighted by Gasteiger charge is -2.23. The largest absolute Gasteiger partial charge is 0.310 e. The molecule has 1 N–H and O–H groups in total. The Hall–Kier alpha value is -0.410. The van der Waals surface area contributed by atoms with Crippen molar-refractivity contribution in [3.05, 3.63) is 34.1 Å². The van der Waals surface area contributed by atoms with Crippen LogP contribution in [0.4, 0.5) is 4.39 Å². The number of hydrogen-bond donors (Lipinski definition) is 1. The minimum absolute atomic E-state index is 0.0963. The van der Waals surface area contributed by atoms with Crippen LogP contribution in [0.5, 0.6) is 0 Å². The fourth-order valence-corrected chi connectivity index (χ4v) is 3.34. The summed E-state index contributed by atoms with van der Waals surface area (Å²) >= 11 is 3.33. The van der Waals surface area contributed by atoms with Crippen molar-refractivity contribution in [1.29, 1.82) is 0 Å². The van der Waals surface area contributed by atoms with Crippen LogP contribution < -0.4 is 5.32 Å². The molecular weight excluding hydrogens is 305 g/mol. The van der Waals surface area contributed by atoms with Gasteiger partial charge >= 0.3 is 0 Å². The number of hydrogen-bond acceptors (Lipinski definition) is 1. The highest BCUT2D eigenvalue weighted by molar-refractivity contribution is 9.10. The van der Waals surface area contributed by atoms with Crippen molar-refractivity contribution in [1.82, 2.24) is 5.32 Å². The van der Waals surface area contributed by atoms with Crippen molar-refractivity contribution in [3.63, 3.8) is 0 Å². The summed E-state index contributed by atoms with van der Waals surface area (Å²) in [6, 6.07) is 5.59. The average molecular weight is 328 g/mol. The van der Waals surface area contributed by atoms with Crippen LogP contribution in [-0.4, -0.2) is 6.54 Å². The van der Waals surface area contributed by atoms with Gasteiger partial charge in [0.25, 0.3) is 0 Å². The quantitative estimate of drug-likeness (QED) is 0.756. The zero-order valence-corrected chi connectivity index (χ0v) is 13.2. The van der Waals surface area contributed by atoms with Crippen molar-refractivity contribution >= 4 is 15.9 Å². The predicted octanol–water partition coefficient (Wildman–Crippen LogP) is 5.21. The van der Waals surface area contributed by atoms with Crippen molar-refractivity contribution in [3.8, 4) is 0 Å². The molecule has 1 saturated carbocycles. The van der Waals surface area contributed by atoms with Gasteiger partial charge in [0, 0.05) is 16.1 Å². The van der Waals surface area contributed by atoms with Crippen LogP contribution in [0.2, 0.25) is 0 Å². The first-order valence-corrected chi connectivity index (χ1v) is 8.18. The first-order chi connectivity index (χ1) is 9.20. The van der Waals surface area contributed by atoms with E-state index < -0.39 is 0 Å². The van der Waals surface area contributed by atoms with Crippen molar-refractivity contribution in [2.24, 2.45) is 5.92 Å². The van der Waals surface area contributed by atoms with E-state index in [-0.39, 0.29) is 11.9 Å². The monoisotopic (exact) mass is 327 g/mol. The van der Waals surface area contributed by atoms with Crippen LogP contribution in [0, 0.1) is 11.7 Å². The molecule has 0 aliphatic heterocycles. The second kappa shape index (κ2) is 7.39. The minimum atomic E-state index is -0.0963. The van der Waals surface area contributed by atoms with E-state index in [0.29, 0.717) is 0 Å². The number of nitrogens with one attached hydrogen (secondary N) is 1. The first kappa shape index (κ1) is 15.0. The van der Waals surface area contributed by atoms with E-state index in [9.17, 15) is 4.39 Å². The summed E-state index contributed by atoms with van der Waals surface area (Å²) in [6.07, 6.45) is 7.45. The Kier molecular flexibility index (Phi) is 5.83. The third kappa shape index (κ3) is 4.28. The molecule has 1 aliphatic rings. The maximum atomic E-state index is 14.1. The molecule has 1 fully saturated rings. The molecule has 19 heavy (non-hydrogen) atoms. The van der Waals surface area contributed by atoms with Gasteiger partial charge in [-0.2, -0.15) is 0 Å². The summed E-state index contributed by atoms with van der Waals surface area (Å²) in [7, 11) is 0. The number of benzene rings is 1. The SMILES string of the molecule is CCCNC(CC1CCCC1)c1ccc(Br)cc1F. The Bertz CT molecular complexity index is 402. The molecule has 106 valence electrons. The smallest absolute Gasteiger partial charge is 0.129 e. The van der Waals surface area contributed by atoms with E-state index in [0.717, 1.165) is 35.3 Å². The molecule has 0 radical (unpaired) electrons. The lowest BCUT2D eigenvalue weighted by Crippen LogP contribution is -2.25. The molecule has 1 unspecified atom stereocenters. The first-order valence-electron chi connectivity index (χ1n) is 7.39. The molecule has 0 spiro atoms. The van der Waals surface area contributed by atoms with Crippen molar-refractivity contribution in [2.45, 2.75) is 51.5 Å². The second-order valence-electron chi connectivity index (χ2n) is 5.56. The molecule has 0 aromatic heterocycles. The van der Waals surface area contributed by atoms with E-state index >= 15 is 0 Å². The Labute approximate surface area is 124 Å². The Morgan fingerprint density at radius 2 is 2.11 bits per heavy atom. The molecular formula is C16H23BrFN. The highest BCUT2D eigenvalue weighted by Crippen LogP contribution is 2.34. The Morgan fingerprint density at radius 1 is 1.37 bits per heavy atom. The maximum absolute atomic E-state index is 14.1. The van der Waals surface area contributed by atoms with Crippen LogP contribution in [0.3, 0.4) is 0 Å². The highest BCUT2D eigenvalue weighted by Gasteiger charge is 2.22. The van der Waals surface area contributed by atoms with Gasteiger partial charge in [-0.25, -0.2) is 4.39 Å². The summed E-state index contributed by atoms with van der Waals surface area (Å²) in [5, 5.41) is 3.52. The molecule has 0 saturated heterocycles. The molecule has 0 heterocycles. The summed E-state index contributed by atoms with van der Waals surface area (Å²) in [4.78, 5) is 0. The van der Waals surface area contributed by atoms with E-state index in [1.54, 1.807) is 6.07 Å². The van der Waals surface area contributed by atoms with Gasteiger partial charge < -0.3 is 5.32 Å². The summed E-state index contributed by atoms with van der Waals surface area (Å²) in [6.45, 7) is 3.10. The van der Waals surface area contributed by atoms with E-state index in [1.807, 2.05) is 12.1 Å². The second-order valence-corrected chi connectivity index (χ2v) is 6.47. The minimum Gasteiger partial charge on any atom is -0.310 e. The normalized spacial score (nSPS) is 17.8. The van der Waals surface area contributed by atoms with Gasteiger partial charge in [0.2, 0.25) is 0 Å². The molecule has 0 amide bonds. The summed E-state index contributed by atoms with van der Waals surface area (Å²) < 4.78 is 14.9. The Morgan fingerprint density at radius 3 is 2.74 bits per heavy atom. The van der Waals surface area contributed by atoms with Crippen LogP contribution >= 0.6 is 15.9 Å².